The van der Waals surface area contributed by atoms with Gasteiger partial charge in [-0.05, 0) is 42.7 Å². The van der Waals surface area contributed by atoms with Crippen LogP contribution in [-0.4, -0.2) is 11.9 Å². The maximum atomic E-state index is 12.1. The first-order valence-electron chi connectivity index (χ1n) is 7.66. The molecule has 2 N–H and O–H groups in total. The number of hydrogen-bond acceptors (Lipinski definition) is 2. The number of urea groups is 1. The zero-order valence-corrected chi connectivity index (χ0v) is 14.7. The summed E-state index contributed by atoms with van der Waals surface area (Å²) >= 11 is 11.9. The maximum Gasteiger partial charge on any atom is 0.326 e. The van der Waals surface area contributed by atoms with Gasteiger partial charge in [-0.15, -0.1) is 0 Å². The fourth-order valence-corrected chi connectivity index (χ4v) is 2.75. The highest BCUT2D eigenvalue weighted by molar-refractivity contribution is 6.40. The first kappa shape index (κ1) is 18.3. The lowest BCUT2D eigenvalue weighted by Gasteiger charge is -2.09. The molecule has 0 radical (unpaired) electrons. The van der Waals surface area contributed by atoms with Gasteiger partial charge in [-0.3, -0.25) is 10.1 Å². The minimum Gasteiger partial charge on any atom is -0.308 e. The third kappa shape index (κ3) is 4.98. The second-order valence-corrected chi connectivity index (χ2v) is 6.12. The first-order valence-corrected chi connectivity index (χ1v) is 8.42. The van der Waals surface area contributed by atoms with E-state index in [1.807, 2.05) is 12.1 Å². The van der Waals surface area contributed by atoms with Crippen molar-refractivity contribution < 1.29 is 9.59 Å². The number of unbranched alkanes of at least 4 members (excludes halogenated alkanes) is 1. The number of nitrogens with one attached hydrogen (secondary N) is 2. The Morgan fingerprint density at radius 2 is 1.62 bits per heavy atom. The molecule has 2 aromatic carbocycles. The Labute approximate surface area is 151 Å². The normalized spacial score (nSPS) is 10.3. The standard InChI is InChI=1S/C18H18Cl2N2O2/c1-2-3-5-12-8-10-13(11-9-12)21-18(24)22-17(23)16-14(19)6-4-7-15(16)20/h4,6-11H,2-3,5H2,1H3,(H2,21,22,23,24). The third-order valence-electron chi connectivity index (χ3n) is 3.45. The number of aryl methyl sites for hydroxylation is 1. The number of halogens is 2. The Kier molecular flexibility index (Phi) is 6.64. The molecule has 0 bridgehead atoms. The van der Waals surface area contributed by atoms with E-state index in [4.69, 9.17) is 23.2 Å². The van der Waals surface area contributed by atoms with Gasteiger partial charge in [0.2, 0.25) is 0 Å². The average molecular weight is 365 g/mol. The van der Waals surface area contributed by atoms with E-state index >= 15 is 0 Å². The van der Waals surface area contributed by atoms with Gasteiger partial charge in [0, 0.05) is 5.69 Å². The van der Waals surface area contributed by atoms with E-state index in [0.29, 0.717) is 5.69 Å². The highest BCUT2D eigenvalue weighted by atomic mass is 35.5. The summed E-state index contributed by atoms with van der Waals surface area (Å²) in [5.74, 6) is -0.650. The summed E-state index contributed by atoms with van der Waals surface area (Å²) in [6.45, 7) is 2.14. The molecule has 126 valence electrons. The van der Waals surface area contributed by atoms with Crippen molar-refractivity contribution in [1.29, 1.82) is 0 Å². The molecular formula is C18H18Cl2N2O2. The summed E-state index contributed by atoms with van der Waals surface area (Å²) in [5.41, 5.74) is 1.89. The minimum atomic E-state index is -0.650. The Morgan fingerprint density at radius 1 is 1.00 bits per heavy atom. The van der Waals surface area contributed by atoms with Crippen molar-refractivity contribution in [2.24, 2.45) is 0 Å². The molecule has 0 aliphatic heterocycles. The number of amides is 3. The van der Waals surface area contributed by atoms with Crippen molar-refractivity contribution in [2.75, 3.05) is 5.32 Å². The van der Waals surface area contributed by atoms with Crippen LogP contribution in [0, 0.1) is 0 Å². The zero-order chi connectivity index (χ0) is 17.5. The van der Waals surface area contributed by atoms with E-state index in [-0.39, 0.29) is 15.6 Å². The lowest BCUT2D eigenvalue weighted by molar-refractivity contribution is 0.0967. The van der Waals surface area contributed by atoms with Crippen LogP contribution in [0.2, 0.25) is 10.0 Å². The summed E-state index contributed by atoms with van der Waals surface area (Å²) in [4.78, 5) is 24.1. The number of carbonyl (C=O) groups is 2. The van der Waals surface area contributed by atoms with Crippen LogP contribution in [0.5, 0.6) is 0 Å². The van der Waals surface area contributed by atoms with Crippen LogP contribution in [0.1, 0.15) is 35.7 Å². The summed E-state index contributed by atoms with van der Waals surface area (Å²) in [7, 11) is 0. The van der Waals surface area contributed by atoms with Crippen molar-refractivity contribution in [3.63, 3.8) is 0 Å². The van der Waals surface area contributed by atoms with Crippen LogP contribution in [0.15, 0.2) is 42.5 Å². The van der Waals surface area contributed by atoms with Gasteiger partial charge in [0.1, 0.15) is 0 Å². The van der Waals surface area contributed by atoms with Crippen molar-refractivity contribution in [3.05, 3.63) is 63.6 Å². The lowest BCUT2D eigenvalue weighted by atomic mass is 10.1. The lowest BCUT2D eigenvalue weighted by Crippen LogP contribution is -2.34. The van der Waals surface area contributed by atoms with Crippen LogP contribution < -0.4 is 10.6 Å². The summed E-state index contributed by atoms with van der Waals surface area (Å²) < 4.78 is 0. The van der Waals surface area contributed by atoms with Crippen molar-refractivity contribution >= 4 is 40.8 Å². The minimum absolute atomic E-state index is 0.0749. The topological polar surface area (TPSA) is 58.2 Å². The molecule has 0 aliphatic carbocycles. The molecule has 0 aliphatic rings. The number of anilines is 1. The number of benzene rings is 2. The van der Waals surface area contributed by atoms with E-state index in [2.05, 4.69) is 17.6 Å². The maximum absolute atomic E-state index is 12.1. The van der Waals surface area contributed by atoms with Gasteiger partial charge in [-0.25, -0.2) is 4.79 Å². The highest BCUT2D eigenvalue weighted by Crippen LogP contribution is 2.24. The highest BCUT2D eigenvalue weighted by Gasteiger charge is 2.17. The van der Waals surface area contributed by atoms with Gasteiger partial charge in [0.25, 0.3) is 5.91 Å². The number of imide groups is 1. The van der Waals surface area contributed by atoms with Gasteiger partial charge in [0.05, 0.1) is 15.6 Å². The van der Waals surface area contributed by atoms with E-state index in [1.165, 1.54) is 17.7 Å². The molecule has 0 spiro atoms. The van der Waals surface area contributed by atoms with E-state index in [9.17, 15) is 9.59 Å². The predicted octanol–water partition coefficient (Wildman–Crippen LogP) is 5.30. The molecule has 0 aromatic heterocycles. The van der Waals surface area contributed by atoms with Gasteiger partial charge in [0.15, 0.2) is 0 Å². The van der Waals surface area contributed by atoms with Crippen molar-refractivity contribution in [1.82, 2.24) is 5.32 Å². The van der Waals surface area contributed by atoms with Gasteiger partial charge in [-0.2, -0.15) is 0 Å². The quantitative estimate of drug-likeness (QED) is 0.756. The number of hydrogen-bond donors (Lipinski definition) is 2. The molecule has 0 saturated heterocycles. The van der Waals surface area contributed by atoms with E-state index < -0.39 is 11.9 Å². The summed E-state index contributed by atoms with van der Waals surface area (Å²) in [6.07, 6.45) is 3.27. The average Bonchev–Trinajstić information content (AvgIpc) is 2.54. The van der Waals surface area contributed by atoms with Crippen LogP contribution in [0.4, 0.5) is 10.5 Å². The van der Waals surface area contributed by atoms with Gasteiger partial charge >= 0.3 is 6.03 Å². The molecule has 6 heteroatoms. The Balaban J connectivity index is 1.96. The van der Waals surface area contributed by atoms with Gasteiger partial charge in [-0.1, -0.05) is 54.7 Å². The fourth-order valence-electron chi connectivity index (χ4n) is 2.18. The molecule has 0 heterocycles. The SMILES string of the molecule is CCCCc1ccc(NC(=O)NC(=O)c2c(Cl)cccc2Cl)cc1. The van der Waals surface area contributed by atoms with Crippen LogP contribution in [0.3, 0.4) is 0 Å². The second kappa shape index (κ2) is 8.71. The molecule has 24 heavy (non-hydrogen) atoms. The predicted molar refractivity (Wildman–Crippen MR) is 98.0 cm³/mol. The van der Waals surface area contributed by atoms with Crippen LogP contribution in [0.25, 0.3) is 0 Å². The van der Waals surface area contributed by atoms with Gasteiger partial charge < -0.3 is 5.32 Å². The summed E-state index contributed by atoms with van der Waals surface area (Å²) in [6, 6.07) is 11.6. The molecule has 0 unspecified atom stereocenters. The number of carbonyl (C=O) groups excluding carboxylic acids is 2. The van der Waals surface area contributed by atoms with Crippen molar-refractivity contribution in [2.45, 2.75) is 26.2 Å². The molecule has 3 amide bonds. The molecule has 2 rings (SSSR count). The molecule has 4 nitrogen and oxygen atoms in total. The zero-order valence-electron chi connectivity index (χ0n) is 13.2. The molecule has 0 atom stereocenters. The monoisotopic (exact) mass is 364 g/mol. The Morgan fingerprint density at radius 3 is 2.21 bits per heavy atom. The molecule has 0 fully saturated rings. The van der Waals surface area contributed by atoms with E-state index in [0.717, 1.165) is 19.3 Å². The smallest absolute Gasteiger partial charge is 0.308 e. The Hall–Kier alpha value is -2.04. The Bertz CT molecular complexity index is 710. The second-order valence-electron chi connectivity index (χ2n) is 5.31. The first-order chi connectivity index (χ1) is 11.5. The van der Waals surface area contributed by atoms with Crippen molar-refractivity contribution in [3.8, 4) is 0 Å². The third-order valence-corrected chi connectivity index (χ3v) is 4.08. The molecular weight excluding hydrogens is 347 g/mol. The largest absolute Gasteiger partial charge is 0.326 e. The summed E-state index contributed by atoms with van der Waals surface area (Å²) in [5, 5.41) is 5.20. The molecule has 2 aromatic rings. The van der Waals surface area contributed by atoms with Crippen LogP contribution in [-0.2, 0) is 6.42 Å². The fraction of sp³-hybridized carbons (Fsp3) is 0.222. The molecule has 0 saturated carbocycles. The van der Waals surface area contributed by atoms with E-state index in [1.54, 1.807) is 18.2 Å². The number of rotatable bonds is 5. The van der Waals surface area contributed by atoms with Crippen LogP contribution >= 0.6 is 23.2 Å².